The molecule has 0 radical (unpaired) electrons. The van der Waals surface area contributed by atoms with Gasteiger partial charge in [0.25, 0.3) is 0 Å². The molecule has 0 saturated carbocycles. The molecule has 0 aromatic heterocycles. The lowest BCUT2D eigenvalue weighted by molar-refractivity contribution is -0.159. The molecular formula is C24H36O10. The Labute approximate surface area is 199 Å². The van der Waals surface area contributed by atoms with E-state index >= 15 is 0 Å². The van der Waals surface area contributed by atoms with Gasteiger partial charge in [0.15, 0.2) is 0 Å². The van der Waals surface area contributed by atoms with Crippen LogP contribution < -0.4 is 0 Å². The van der Waals surface area contributed by atoms with Gasteiger partial charge in [0, 0.05) is 37.8 Å². The minimum atomic E-state index is -1.02. The molecule has 0 spiro atoms. The van der Waals surface area contributed by atoms with E-state index in [0.717, 1.165) is 63.5 Å². The Hall–Kier alpha value is -3.04. The first-order valence-electron chi connectivity index (χ1n) is 11.8. The first-order chi connectivity index (χ1) is 16.2. The molecule has 0 atom stereocenters. The Kier molecular flexibility index (Phi) is 18.7. The van der Waals surface area contributed by atoms with E-state index in [1.165, 1.54) is 0 Å². The molecule has 0 fully saturated rings. The van der Waals surface area contributed by atoms with E-state index in [-0.39, 0.29) is 25.7 Å². The number of carbonyl (C=O) groups excluding carboxylic acids is 4. The predicted molar refractivity (Wildman–Crippen MR) is 120 cm³/mol. The number of esters is 4. The third kappa shape index (κ3) is 22.2. The zero-order chi connectivity index (χ0) is 25.6. The molecule has 2 N–H and O–H groups in total. The second-order valence-corrected chi connectivity index (χ2v) is 7.95. The number of ether oxygens (including phenoxy) is 2. The molecule has 0 aliphatic heterocycles. The summed E-state index contributed by atoms with van der Waals surface area (Å²) in [6.07, 6.45) is 10.8. The Morgan fingerprint density at radius 3 is 1.00 bits per heavy atom. The Balaban J connectivity index is 3.77. The maximum atomic E-state index is 11.6. The minimum Gasteiger partial charge on any atom is -0.481 e. The van der Waals surface area contributed by atoms with Gasteiger partial charge in [0.2, 0.25) is 0 Å². The fourth-order valence-electron chi connectivity index (χ4n) is 3.04. The van der Waals surface area contributed by atoms with Crippen LogP contribution in [-0.4, -0.2) is 46.0 Å². The number of rotatable bonds is 20. The van der Waals surface area contributed by atoms with Crippen LogP contribution >= 0.6 is 0 Å². The summed E-state index contributed by atoms with van der Waals surface area (Å²) in [7, 11) is 0. The fraction of sp³-hybridized carbons (Fsp3) is 0.667. The van der Waals surface area contributed by atoms with Gasteiger partial charge in [-0.05, 0) is 25.7 Å². The molecular weight excluding hydrogens is 448 g/mol. The van der Waals surface area contributed by atoms with E-state index in [4.69, 9.17) is 10.2 Å². The Morgan fingerprint density at radius 2 is 0.706 bits per heavy atom. The van der Waals surface area contributed by atoms with Crippen molar-refractivity contribution in [2.75, 3.05) is 0 Å². The molecule has 0 aromatic rings. The monoisotopic (exact) mass is 484 g/mol. The highest BCUT2D eigenvalue weighted by molar-refractivity contribution is 5.98. The van der Waals surface area contributed by atoms with E-state index in [9.17, 15) is 28.8 Å². The van der Waals surface area contributed by atoms with Gasteiger partial charge in [0.05, 0.1) is 0 Å². The van der Waals surface area contributed by atoms with Gasteiger partial charge in [-0.1, -0.05) is 51.4 Å². The van der Waals surface area contributed by atoms with E-state index < -0.39 is 35.8 Å². The molecule has 34 heavy (non-hydrogen) atoms. The maximum Gasteiger partial charge on any atom is 0.338 e. The summed E-state index contributed by atoms with van der Waals surface area (Å²) in [5.74, 6) is -5.09. The molecule has 0 aliphatic carbocycles. The smallest absolute Gasteiger partial charge is 0.338 e. The molecule has 10 nitrogen and oxygen atoms in total. The summed E-state index contributed by atoms with van der Waals surface area (Å²) >= 11 is 0. The number of hydrogen-bond donors (Lipinski definition) is 2. The normalized spacial score (nSPS) is 10.7. The summed E-state index contributed by atoms with van der Waals surface area (Å²) in [6.45, 7) is 0. The highest BCUT2D eigenvalue weighted by Gasteiger charge is 2.11. The fourth-order valence-corrected chi connectivity index (χ4v) is 3.04. The van der Waals surface area contributed by atoms with E-state index in [2.05, 4.69) is 9.47 Å². The number of carbonyl (C=O) groups is 6. The summed E-state index contributed by atoms with van der Waals surface area (Å²) < 4.78 is 9.11. The van der Waals surface area contributed by atoms with Gasteiger partial charge < -0.3 is 19.7 Å². The second-order valence-electron chi connectivity index (χ2n) is 7.95. The van der Waals surface area contributed by atoms with Crippen LogP contribution in [0.1, 0.15) is 103 Å². The molecule has 0 saturated heterocycles. The minimum absolute atomic E-state index is 0.0528. The van der Waals surface area contributed by atoms with Gasteiger partial charge in [-0.3, -0.25) is 19.2 Å². The van der Waals surface area contributed by atoms with Crippen molar-refractivity contribution >= 4 is 35.8 Å². The van der Waals surface area contributed by atoms with Gasteiger partial charge in [-0.15, -0.1) is 0 Å². The molecule has 0 bridgehead atoms. The van der Waals surface area contributed by atoms with Crippen molar-refractivity contribution in [2.24, 2.45) is 0 Å². The number of aliphatic carboxylic acids is 2. The van der Waals surface area contributed by atoms with Crippen LogP contribution in [0.15, 0.2) is 12.2 Å². The highest BCUT2D eigenvalue weighted by atomic mass is 16.6. The molecule has 192 valence electrons. The SMILES string of the molecule is O=C(O)CCCCCCCCC(=O)OC(=O)/C=C/C(=O)OC(=O)CCCCCCCCC(=O)O. The zero-order valence-corrected chi connectivity index (χ0v) is 19.6. The first kappa shape index (κ1) is 31.0. The van der Waals surface area contributed by atoms with Crippen molar-refractivity contribution in [1.29, 1.82) is 0 Å². The number of carboxylic acid groups (broad SMARTS) is 2. The topological polar surface area (TPSA) is 161 Å². The quantitative estimate of drug-likeness (QED) is 0.111. The van der Waals surface area contributed by atoms with Crippen LogP contribution in [0.2, 0.25) is 0 Å². The van der Waals surface area contributed by atoms with Crippen molar-refractivity contribution in [3.63, 3.8) is 0 Å². The van der Waals surface area contributed by atoms with Gasteiger partial charge in [-0.25, -0.2) is 9.59 Å². The number of hydrogen-bond acceptors (Lipinski definition) is 8. The lowest BCUT2D eigenvalue weighted by Crippen LogP contribution is -2.12. The van der Waals surface area contributed by atoms with E-state index in [1.807, 2.05) is 0 Å². The lowest BCUT2D eigenvalue weighted by atomic mass is 10.1. The van der Waals surface area contributed by atoms with Crippen molar-refractivity contribution in [3.05, 3.63) is 12.2 Å². The Morgan fingerprint density at radius 1 is 0.441 bits per heavy atom. The summed E-state index contributed by atoms with van der Waals surface area (Å²) in [6, 6.07) is 0. The summed E-state index contributed by atoms with van der Waals surface area (Å²) in [4.78, 5) is 67.1. The van der Waals surface area contributed by atoms with Crippen LogP contribution in [0, 0.1) is 0 Å². The van der Waals surface area contributed by atoms with Crippen molar-refractivity contribution in [3.8, 4) is 0 Å². The molecule has 0 aromatic carbocycles. The zero-order valence-electron chi connectivity index (χ0n) is 19.6. The van der Waals surface area contributed by atoms with Crippen molar-refractivity contribution in [1.82, 2.24) is 0 Å². The van der Waals surface area contributed by atoms with Crippen LogP contribution in [0.4, 0.5) is 0 Å². The van der Waals surface area contributed by atoms with Crippen molar-refractivity contribution in [2.45, 2.75) is 103 Å². The van der Waals surface area contributed by atoms with Crippen molar-refractivity contribution < 1.29 is 48.5 Å². The van der Waals surface area contributed by atoms with E-state index in [0.29, 0.717) is 25.7 Å². The van der Waals surface area contributed by atoms with Crippen LogP contribution in [0.5, 0.6) is 0 Å². The largest absolute Gasteiger partial charge is 0.481 e. The third-order valence-corrected chi connectivity index (χ3v) is 4.83. The molecule has 0 rings (SSSR count). The molecule has 0 aliphatic rings. The van der Waals surface area contributed by atoms with Crippen LogP contribution in [0.25, 0.3) is 0 Å². The number of carboxylic acids is 2. The van der Waals surface area contributed by atoms with Gasteiger partial charge >= 0.3 is 35.8 Å². The van der Waals surface area contributed by atoms with E-state index in [1.54, 1.807) is 0 Å². The Bertz CT molecular complexity index is 638. The second kappa shape index (κ2) is 20.6. The predicted octanol–water partition coefficient (Wildman–Crippen LogP) is 4.09. The molecule has 0 heterocycles. The van der Waals surface area contributed by atoms with Gasteiger partial charge in [-0.2, -0.15) is 0 Å². The van der Waals surface area contributed by atoms with Crippen LogP contribution in [0.3, 0.4) is 0 Å². The maximum absolute atomic E-state index is 11.6. The summed E-state index contributed by atoms with van der Waals surface area (Å²) in [5.41, 5.74) is 0. The average Bonchev–Trinajstić information content (AvgIpc) is 2.75. The number of unbranched alkanes of at least 4 members (excludes halogenated alkanes) is 10. The summed E-state index contributed by atoms with van der Waals surface area (Å²) in [5, 5.41) is 17.1. The third-order valence-electron chi connectivity index (χ3n) is 4.83. The molecule has 0 amide bonds. The van der Waals surface area contributed by atoms with Crippen LogP contribution in [-0.2, 0) is 38.2 Å². The molecule has 0 unspecified atom stereocenters. The first-order valence-corrected chi connectivity index (χ1v) is 11.8. The molecule has 10 heteroatoms. The average molecular weight is 485 g/mol. The highest BCUT2D eigenvalue weighted by Crippen LogP contribution is 2.10. The standard InChI is InChI=1S/C24H36O10/c25-19(26)13-9-5-1-3-7-11-15-21(29)33-23(31)17-18-24(32)34-22(30)16-12-8-4-2-6-10-14-20(27)28/h17-18H,1-16H2,(H,25,26)(H,27,28)/b18-17+. The van der Waals surface area contributed by atoms with Gasteiger partial charge in [0.1, 0.15) is 0 Å². The lowest BCUT2D eigenvalue weighted by Gasteiger charge is -2.02.